The van der Waals surface area contributed by atoms with Crippen molar-refractivity contribution in [3.05, 3.63) is 0 Å². The first-order valence-electron chi connectivity index (χ1n) is 20.4. The van der Waals surface area contributed by atoms with Gasteiger partial charge in [0.25, 0.3) is 5.92 Å². The SMILES string of the molecule is CC(C)C(F)(F)C1CCC1.CC(C)C1(C(F)(F)F)CC1.CC(C)C1C[C@@H](C)O[C@@H](C)C1.CC(C)CCC(F)(F)C(C)C.COC(C)(C)CCC(C)C. The molecule has 1 heterocycles. The molecule has 0 aromatic heterocycles. The fraction of sp³-hybridized carbons (Fsp3) is 1.00. The second-order valence-electron chi connectivity index (χ2n) is 18.7. The highest BCUT2D eigenvalue weighted by Crippen LogP contribution is 2.62. The van der Waals surface area contributed by atoms with E-state index < -0.39 is 35.3 Å². The van der Waals surface area contributed by atoms with Gasteiger partial charge in [0.05, 0.1) is 23.2 Å². The maximum Gasteiger partial charge on any atom is 0.394 e. The highest BCUT2D eigenvalue weighted by atomic mass is 19.4. The molecule has 3 rings (SSSR count). The maximum absolute atomic E-state index is 13.0. The fourth-order valence-electron chi connectivity index (χ4n) is 6.10. The molecule has 0 amide bonds. The van der Waals surface area contributed by atoms with Crippen molar-refractivity contribution in [2.45, 2.75) is 217 Å². The summed E-state index contributed by atoms with van der Waals surface area (Å²) in [7, 11) is 1.78. The van der Waals surface area contributed by atoms with E-state index in [0.717, 1.165) is 43.4 Å². The second kappa shape index (κ2) is 23.5. The van der Waals surface area contributed by atoms with Crippen molar-refractivity contribution >= 4 is 0 Å². The van der Waals surface area contributed by atoms with Crippen LogP contribution < -0.4 is 0 Å². The van der Waals surface area contributed by atoms with E-state index in [1.54, 1.807) is 48.7 Å². The van der Waals surface area contributed by atoms with Crippen molar-refractivity contribution < 1.29 is 40.2 Å². The Kier molecular flexibility index (Phi) is 24.2. The fourth-order valence-corrected chi connectivity index (χ4v) is 6.10. The monoisotopic (exact) mass is 765 g/mol. The average molecular weight is 765 g/mol. The van der Waals surface area contributed by atoms with Gasteiger partial charge in [-0.05, 0) is 115 Å². The molecule has 0 aromatic carbocycles. The minimum absolute atomic E-state index is 0.0301. The third-order valence-corrected chi connectivity index (χ3v) is 11.3. The average Bonchev–Trinajstić information content (AvgIpc) is 3.78. The highest BCUT2D eigenvalue weighted by Gasteiger charge is 2.64. The van der Waals surface area contributed by atoms with Gasteiger partial charge < -0.3 is 9.47 Å². The van der Waals surface area contributed by atoms with Gasteiger partial charge in [0.1, 0.15) is 0 Å². The van der Waals surface area contributed by atoms with E-state index in [2.05, 4.69) is 55.4 Å². The van der Waals surface area contributed by atoms with Gasteiger partial charge in [-0.1, -0.05) is 89.5 Å². The summed E-state index contributed by atoms with van der Waals surface area (Å²) in [6, 6.07) is 0. The van der Waals surface area contributed by atoms with Crippen molar-refractivity contribution in [3.63, 3.8) is 0 Å². The van der Waals surface area contributed by atoms with Crippen LogP contribution in [0.5, 0.6) is 0 Å². The molecule has 1 unspecified atom stereocenters. The summed E-state index contributed by atoms with van der Waals surface area (Å²) in [5.41, 5.74) is -1.24. The van der Waals surface area contributed by atoms with Crippen molar-refractivity contribution in [2.24, 2.45) is 52.8 Å². The van der Waals surface area contributed by atoms with E-state index in [1.807, 2.05) is 13.8 Å². The Morgan fingerprint density at radius 3 is 1.31 bits per heavy atom. The topological polar surface area (TPSA) is 18.5 Å². The number of ether oxygens (including phenoxy) is 2. The summed E-state index contributed by atoms with van der Waals surface area (Å²) in [6.07, 6.45) is 5.64. The van der Waals surface area contributed by atoms with Gasteiger partial charge in [-0.25, -0.2) is 17.6 Å². The summed E-state index contributed by atoms with van der Waals surface area (Å²) < 4.78 is 99.2. The Morgan fingerprint density at radius 2 is 1.10 bits per heavy atom. The normalized spacial score (nSPS) is 22.2. The molecular formula is C43H83F7O2. The van der Waals surface area contributed by atoms with Crippen molar-refractivity contribution in [2.75, 3.05) is 7.11 Å². The largest absolute Gasteiger partial charge is 0.394 e. The first-order chi connectivity index (χ1) is 23.4. The van der Waals surface area contributed by atoms with Gasteiger partial charge in [-0.2, -0.15) is 13.2 Å². The zero-order valence-corrected chi connectivity index (χ0v) is 36.5. The lowest BCUT2D eigenvalue weighted by atomic mass is 9.77. The zero-order chi connectivity index (χ0) is 41.5. The van der Waals surface area contributed by atoms with Gasteiger partial charge in [0.2, 0.25) is 5.92 Å². The Labute approximate surface area is 316 Å². The van der Waals surface area contributed by atoms with Crippen LogP contribution in [0.25, 0.3) is 0 Å². The van der Waals surface area contributed by atoms with Crippen molar-refractivity contribution in [3.8, 4) is 0 Å². The lowest BCUT2D eigenvalue weighted by Crippen LogP contribution is -2.37. The van der Waals surface area contributed by atoms with Crippen LogP contribution in [0.15, 0.2) is 0 Å². The summed E-state index contributed by atoms with van der Waals surface area (Å²) in [4.78, 5) is 0. The predicted octanol–water partition coefficient (Wildman–Crippen LogP) is 15.5. The van der Waals surface area contributed by atoms with Crippen LogP contribution in [0.2, 0.25) is 0 Å². The molecule has 2 nitrogen and oxygen atoms in total. The molecule has 0 spiro atoms. The van der Waals surface area contributed by atoms with E-state index in [9.17, 15) is 30.7 Å². The number of alkyl halides is 7. The molecular weight excluding hydrogens is 681 g/mol. The molecule has 0 radical (unpaired) electrons. The number of methoxy groups -OCH3 is 1. The second-order valence-corrected chi connectivity index (χ2v) is 18.7. The van der Waals surface area contributed by atoms with Gasteiger partial charge in [0, 0.05) is 31.3 Å². The first-order valence-corrected chi connectivity index (χ1v) is 20.4. The van der Waals surface area contributed by atoms with Crippen molar-refractivity contribution in [1.29, 1.82) is 0 Å². The van der Waals surface area contributed by atoms with Crippen LogP contribution in [0.3, 0.4) is 0 Å². The van der Waals surface area contributed by atoms with E-state index in [0.29, 0.717) is 37.4 Å². The van der Waals surface area contributed by atoms with Crippen molar-refractivity contribution in [1.82, 2.24) is 0 Å². The predicted molar refractivity (Wildman–Crippen MR) is 206 cm³/mol. The van der Waals surface area contributed by atoms with Crippen LogP contribution in [0, 0.1) is 52.8 Å². The van der Waals surface area contributed by atoms with Crippen LogP contribution in [0.4, 0.5) is 30.7 Å². The lowest BCUT2D eigenvalue weighted by Gasteiger charge is -2.35. The molecule has 3 fully saturated rings. The molecule has 0 bridgehead atoms. The number of rotatable bonds is 12. The zero-order valence-electron chi connectivity index (χ0n) is 36.5. The molecule has 52 heavy (non-hydrogen) atoms. The number of hydrogen-bond acceptors (Lipinski definition) is 2. The first kappa shape index (κ1) is 53.5. The minimum Gasteiger partial charge on any atom is -0.379 e. The Balaban J connectivity index is 0. The summed E-state index contributed by atoms with van der Waals surface area (Å²) in [6.45, 7) is 31.3. The van der Waals surface area contributed by atoms with E-state index in [4.69, 9.17) is 9.47 Å². The quantitative estimate of drug-likeness (QED) is 0.184. The molecule has 0 N–H and O–H groups in total. The van der Waals surface area contributed by atoms with Crippen LogP contribution in [-0.2, 0) is 9.47 Å². The Hall–Kier alpha value is -0.570. The molecule has 0 aromatic rings. The molecule has 316 valence electrons. The molecule has 3 aliphatic rings. The standard InChI is InChI=1S/C10H20O.C9H18F2.C9H20O.C8H14F2.C7H11F3/c1-7(2)10-5-8(3)11-9(4)6-10;1-7(2)5-6-9(10,11)8(3)4;1-8(2)6-7-9(3,4)10-5;1-6(2)8(9,10)7-4-3-5-7;1-5(2)6(3-4-6)7(8,9)10/h7-10H,5-6H2,1-4H3;7-8H,5-6H2,1-4H3;8H,6-7H2,1-5H3;6-7H,3-5H2,1-2H3;5H,3-4H2,1-2H3/t8-,9+,10?;;;;. The van der Waals surface area contributed by atoms with Crippen LogP contribution in [-0.4, -0.2) is 42.9 Å². The summed E-state index contributed by atoms with van der Waals surface area (Å²) in [5.74, 6) is -3.59. The summed E-state index contributed by atoms with van der Waals surface area (Å²) in [5, 5.41) is 0. The van der Waals surface area contributed by atoms with Gasteiger partial charge in [-0.3, -0.25) is 0 Å². The van der Waals surface area contributed by atoms with Crippen LogP contribution in [0.1, 0.15) is 181 Å². The Bertz CT molecular complexity index is 892. The van der Waals surface area contributed by atoms with Gasteiger partial charge in [0.15, 0.2) is 0 Å². The summed E-state index contributed by atoms with van der Waals surface area (Å²) >= 11 is 0. The van der Waals surface area contributed by atoms with Crippen LogP contribution >= 0.6 is 0 Å². The Morgan fingerprint density at radius 1 is 0.673 bits per heavy atom. The van der Waals surface area contributed by atoms with E-state index in [1.165, 1.54) is 19.3 Å². The molecule has 1 aliphatic heterocycles. The van der Waals surface area contributed by atoms with E-state index >= 15 is 0 Å². The van der Waals surface area contributed by atoms with Gasteiger partial charge >= 0.3 is 6.18 Å². The third kappa shape index (κ3) is 20.9. The lowest BCUT2D eigenvalue weighted by molar-refractivity contribution is -0.199. The maximum atomic E-state index is 13.0. The molecule has 1 saturated heterocycles. The smallest absolute Gasteiger partial charge is 0.379 e. The molecule has 2 saturated carbocycles. The molecule has 9 heteroatoms. The molecule has 3 atom stereocenters. The highest BCUT2D eigenvalue weighted by molar-refractivity contribution is 5.01. The minimum atomic E-state index is -3.97. The number of halogens is 7. The van der Waals surface area contributed by atoms with Gasteiger partial charge in [-0.15, -0.1) is 0 Å². The number of hydrogen-bond donors (Lipinski definition) is 0. The van der Waals surface area contributed by atoms with E-state index in [-0.39, 0.29) is 23.9 Å². The third-order valence-electron chi connectivity index (χ3n) is 11.3. The molecule has 2 aliphatic carbocycles.